The van der Waals surface area contributed by atoms with Crippen LogP contribution in [0.25, 0.3) is 11.2 Å². The number of fused-ring (bicyclic) bond motifs is 1. The van der Waals surface area contributed by atoms with Gasteiger partial charge >= 0.3 is 6.36 Å². The highest BCUT2D eigenvalue weighted by atomic mass is 19.4. The molecule has 0 spiro atoms. The molecule has 7 nitrogen and oxygen atoms in total. The maximum absolute atomic E-state index is 12.4. The molecule has 0 bridgehead atoms. The third-order valence-corrected chi connectivity index (χ3v) is 3.66. The number of halogens is 3. The third-order valence-electron chi connectivity index (χ3n) is 3.66. The minimum Gasteiger partial charge on any atom is -0.406 e. The Hall–Kier alpha value is -3.17. The molecule has 0 aliphatic carbocycles. The molecule has 2 aromatic heterocycles. The Morgan fingerprint density at radius 3 is 2.62 bits per heavy atom. The summed E-state index contributed by atoms with van der Waals surface area (Å²) in [6.07, 6.45) is -3.33. The second kappa shape index (κ2) is 6.62. The fourth-order valence-electron chi connectivity index (χ4n) is 2.37. The monoisotopic (exact) mass is 365 g/mol. The number of rotatable bonds is 4. The molecule has 0 saturated carbocycles. The molecular weight excluding hydrogens is 351 g/mol. The highest BCUT2D eigenvalue weighted by molar-refractivity contribution is 5.96. The Bertz CT molecular complexity index is 937. The summed E-state index contributed by atoms with van der Waals surface area (Å²) < 4.78 is 41.8. The van der Waals surface area contributed by atoms with Crippen molar-refractivity contribution in [3.05, 3.63) is 47.7 Å². The molecule has 1 amide bonds. The van der Waals surface area contributed by atoms with Gasteiger partial charge in [0.1, 0.15) is 11.3 Å². The van der Waals surface area contributed by atoms with Crippen LogP contribution in [0.1, 0.15) is 28.9 Å². The zero-order valence-electron chi connectivity index (χ0n) is 13.8. The average Bonchev–Trinajstić information content (AvgIpc) is 2.94. The van der Waals surface area contributed by atoms with Gasteiger partial charge in [-0.1, -0.05) is 17.3 Å². The molecule has 10 heteroatoms. The molecule has 2 heterocycles. The largest absolute Gasteiger partial charge is 0.573 e. The van der Waals surface area contributed by atoms with Gasteiger partial charge in [0, 0.05) is 13.2 Å². The van der Waals surface area contributed by atoms with Crippen LogP contribution in [0.15, 0.2) is 36.5 Å². The van der Waals surface area contributed by atoms with E-state index in [1.807, 2.05) is 0 Å². The number of carbonyl (C=O) groups is 1. The Labute approximate surface area is 145 Å². The summed E-state index contributed by atoms with van der Waals surface area (Å²) in [6.45, 7) is 1.71. The summed E-state index contributed by atoms with van der Waals surface area (Å²) >= 11 is 0. The minimum absolute atomic E-state index is 0.307. The summed E-state index contributed by atoms with van der Waals surface area (Å²) in [5, 5.41) is 10.5. The van der Waals surface area contributed by atoms with Gasteiger partial charge in [-0.3, -0.25) is 4.79 Å². The van der Waals surface area contributed by atoms with E-state index < -0.39 is 12.4 Å². The number of amides is 1. The van der Waals surface area contributed by atoms with E-state index in [0.29, 0.717) is 22.3 Å². The molecule has 0 radical (unpaired) electrons. The van der Waals surface area contributed by atoms with Crippen molar-refractivity contribution in [2.75, 3.05) is 0 Å². The van der Waals surface area contributed by atoms with Crippen molar-refractivity contribution < 1.29 is 22.7 Å². The standard InChI is InChI=1S/C16H14F3N5O2/c1-9(10-3-5-12(6-4-10)26-16(17,18)19)21-15(25)11-7-13-14(20-8-11)24(2)23-22-13/h3-9H,1-2H3,(H,21,25). The van der Waals surface area contributed by atoms with Gasteiger partial charge in [-0.05, 0) is 30.7 Å². The van der Waals surface area contributed by atoms with Gasteiger partial charge in [-0.15, -0.1) is 18.3 Å². The molecule has 1 atom stereocenters. The molecule has 0 fully saturated rings. The van der Waals surface area contributed by atoms with Gasteiger partial charge in [0.15, 0.2) is 5.65 Å². The lowest BCUT2D eigenvalue weighted by molar-refractivity contribution is -0.274. The quantitative estimate of drug-likeness (QED) is 0.769. The van der Waals surface area contributed by atoms with Crippen LogP contribution in [0.3, 0.4) is 0 Å². The predicted octanol–water partition coefficient (Wildman–Crippen LogP) is 2.75. The lowest BCUT2D eigenvalue weighted by atomic mass is 10.1. The van der Waals surface area contributed by atoms with Gasteiger partial charge in [0.05, 0.1) is 11.6 Å². The van der Waals surface area contributed by atoms with Gasteiger partial charge in [-0.25, -0.2) is 9.67 Å². The van der Waals surface area contributed by atoms with E-state index in [9.17, 15) is 18.0 Å². The Morgan fingerprint density at radius 2 is 1.96 bits per heavy atom. The third kappa shape index (κ3) is 3.90. The number of alkyl halides is 3. The number of hydrogen-bond donors (Lipinski definition) is 1. The number of nitrogens with zero attached hydrogens (tertiary/aromatic N) is 4. The summed E-state index contributed by atoms with van der Waals surface area (Å²) in [7, 11) is 1.69. The van der Waals surface area contributed by atoms with E-state index in [0.717, 1.165) is 0 Å². The molecule has 0 saturated heterocycles. The maximum atomic E-state index is 12.4. The Morgan fingerprint density at radius 1 is 1.27 bits per heavy atom. The van der Waals surface area contributed by atoms with Crippen LogP contribution in [0, 0.1) is 0 Å². The predicted molar refractivity (Wildman–Crippen MR) is 85.3 cm³/mol. The van der Waals surface area contributed by atoms with Crippen LogP contribution >= 0.6 is 0 Å². The number of hydrogen-bond acceptors (Lipinski definition) is 5. The zero-order chi connectivity index (χ0) is 18.9. The van der Waals surface area contributed by atoms with Crippen molar-refractivity contribution in [1.82, 2.24) is 25.3 Å². The summed E-state index contributed by atoms with van der Waals surface area (Å²) in [5.41, 5.74) is 1.97. The first-order valence-corrected chi connectivity index (χ1v) is 7.55. The molecule has 1 aromatic carbocycles. The number of pyridine rings is 1. The average molecular weight is 365 g/mol. The number of aromatic nitrogens is 4. The maximum Gasteiger partial charge on any atom is 0.573 e. The van der Waals surface area contributed by atoms with Gasteiger partial charge in [0.25, 0.3) is 5.91 Å². The van der Waals surface area contributed by atoms with Crippen LogP contribution in [-0.2, 0) is 7.05 Å². The molecule has 0 aliphatic heterocycles. The van der Waals surface area contributed by atoms with Crippen molar-refractivity contribution >= 4 is 17.1 Å². The van der Waals surface area contributed by atoms with Crippen LogP contribution in [0.2, 0.25) is 0 Å². The molecule has 3 rings (SSSR count). The number of aryl methyl sites for hydroxylation is 1. The fraction of sp³-hybridized carbons (Fsp3) is 0.250. The van der Waals surface area contributed by atoms with E-state index in [1.54, 1.807) is 20.0 Å². The number of benzene rings is 1. The lowest BCUT2D eigenvalue weighted by Gasteiger charge is -2.15. The normalized spacial score (nSPS) is 12.8. The van der Waals surface area contributed by atoms with E-state index in [-0.39, 0.29) is 11.7 Å². The van der Waals surface area contributed by atoms with Gasteiger partial charge in [-0.2, -0.15) is 0 Å². The van der Waals surface area contributed by atoms with Gasteiger partial charge in [0.2, 0.25) is 0 Å². The first-order valence-electron chi connectivity index (χ1n) is 7.55. The lowest BCUT2D eigenvalue weighted by Crippen LogP contribution is -2.26. The Kier molecular flexibility index (Phi) is 4.49. The first kappa shape index (κ1) is 17.6. The van der Waals surface area contributed by atoms with E-state index in [1.165, 1.54) is 35.1 Å². The van der Waals surface area contributed by atoms with E-state index in [2.05, 4.69) is 25.3 Å². The number of nitrogens with one attached hydrogen (secondary N) is 1. The Balaban J connectivity index is 1.69. The van der Waals surface area contributed by atoms with Crippen LogP contribution in [-0.4, -0.2) is 32.2 Å². The molecule has 26 heavy (non-hydrogen) atoms. The van der Waals surface area contributed by atoms with Crippen LogP contribution < -0.4 is 10.1 Å². The van der Waals surface area contributed by atoms with Gasteiger partial charge < -0.3 is 10.1 Å². The summed E-state index contributed by atoms with van der Waals surface area (Å²) in [4.78, 5) is 16.5. The van der Waals surface area contributed by atoms with Crippen molar-refractivity contribution in [2.24, 2.45) is 7.05 Å². The summed E-state index contributed by atoms with van der Waals surface area (Å²) in [6, 6.07) is 6.43. The molecule has 3 aromatic rings. The SMILES string of the molecule is CC(NC(=O)c1cnc2c(c1)nnn2C)c1ccc(OC(F)(F)F)cc1. The van der Waals surface area contributed by atoms with Crippen molar-refractivity contribution in [3.8, 4) is 5.75 Å². The summed E-state index contributed by atoms with van der Waals surface area (Å²) in [5.74, 6) is -0.703. The molecule has 1 unspecified atom stereocenters. The van der Waals surface area contributed by atoms with E-state index >= 15 is 0 Å². The minimum atomic E-state index is -4.74. The van der Waals surface area contributed by atoms with Crippen LogP contribution in [0.4, 0.5) is 13.2 Å². The number of carbonyl (C=O) groups excluding carboxylic acids is 1. The molecular formula is C16H14F3N5O2. The van der Waals surface area contributed by atoms with Crippen molar-refractivity contribution in [3.63, 3.8) is 0 Å². The second-order valence-electron chi connectivity index (χ2n) is 5.59. The van der Waals surface area contributed by atoms with Crippen molar-refractivity contribution in [1.29, 1.82) is 0 Å². The zero-order valence-corrected chi connectivity index (χ0v) is 13.8. The molecule has 1 N–H and O–H groups in total. The highest BCUT2D eigenvalue weighted by Gasteiger charge is 2.31. The molecule has 0 aliphatic rings. The topological polar surface area (TPSA) is 81.9 Å². The molecule has 136 valence electrons. The van der Waals surface area contributed by atoms with E-state index in [4.69, 9.17) is 0 Å². The van der Waals surface area contributed by atoms with Crippen molar-refractivity contribution in [2.45, 2.75) is 19.3 Å². The second-order valence-corrected chi connectivity index (χ2v) is 5.59. The van der Waals surface area contributed by atoms with Crippen LogP contribution in [0.5, 0.6) is 5.75 Å². The fourth-order valence-corrected chi connectivity index (χ4v) is 2.37. The first-order chi connectivity index (χ1) is 12.2. The number of ether oxygens (including phenoxy) is 1. The smallest absolute Gasteiger partial charge is 0.406 e. The highest BCUT2D eigenvalue weighted by Crippen LogP contribution is 2.24.